The maximum absolute atomic E-state index is 5.33. The van der Waals surface area contributed by atoms with E-state index in [-0.39, 0.29) is 0 Å². The standard InChI is InChI=1S/C5H8N2O/c6-4-1-2-5(7)8-3-4/h1-2H,3,6-7H2. The van der Waals surface area contributed by atoms with Gasteiger partial charge in [-0.3, -0.25) is 0 Å². The van der Waals surface area contributed by atoms with Crippen molar-refractivity contribution in [3.05, 3.63) is 23.7 Å². The molecule has 0 saturated heterocycles. The van der Waals surface area contributed by atoms with Crippen LogP contribution in [-0.2, 0) is 4.74 Å². The quantitative estimate of drug-likeness (QED) is 0.450. The van der Waals surface area contributed by atoms with E-state index < -0.39 is 0 Å². The second kappa shape index (κ2) is 1.78. The molecule has 3 nitrogen and oxygen atoms in total. The Morgan fingerprint density at radius 2 is 2.12 bits per heavy atom. The maximum Gasteiger partial charge on any atom is 0.184 e. The predicted molar refractivity (Wildman–Crippen MR) is 30.5 cm³/mol. The number of hydrogen-bond donors (Lipinski definition) is 2. The van der Waals surface area contributed by atoms with E-state index in [2.05, 4.69) is 0 Å². The molecule has 1 aliphatic heterocycles. The van der Waals surface area contributed by atoms with Crippen molar-refractivity contribution in [2.45, 2.75) is 0 Å². The van der Waals surface area contributed by atoms with Gasteiger partial charge in [0.2, 0.25) is 0 Å². The molecular formula is C5H8N2O. The maximum atomic E-state index is 5.33. The topological polar surface area (TPSA) is 61.3 Å². The van der Waals surface area contributed by atoms with Gasteiger partial charge in [-0.25, -0.2) is 0 Å². The summed E-state index contributed by atoms with van der Waals surface area (Å²) in [4.78, 5) is 0. The zero-order chi connectivity index (χ0) is 5.98. The van der Waals surface area contributed by atoms with Crippen LogP contribution in [0.25, 0.3) is 0 Å². The minimum Gasteiger partial charge on any atom is -0.473 e. The molecule has 0 aliphatic carbocycles. The van der Waals surface area contributed by atoms with E-state index in [4.69, 9.17) is 16.2 Å². The summed E-state index contributed by atoms with van der Waals surface area (Å²) in [6.07, 6.45) is 3.37. The lowest BCUT2D eigenvalue weighted by Gasteiger charge is -2.08. The Labute approximate surface area is 47.6 Å². The van der Waals surface area contributed by atoms with Crippen LogP contribution in [0.15, 0.2) is 23.7 Å². The Balaban J connectivity index is 2.65. The van der Waals surface area contributed by atoms with Crippen molar-refractivity contribution in [3.63, 3.8) is 0 Å². The molecule has 1 heterocycles. The fourth-order valence-corrected chi connectivity index (χ4v) is 0.452. The number of rotatable bonds is 0. The summed E-state index contributed by atoms with van der Waals surface area (Å²) in [5, 5.41) is 0. The summed E-state index contributed by atoms with van der Waals surface area (Å²) >= 11 is 0. The first kappa shape index (κ1) is 5.03. The summed E-state index contributed by atoms with van der Waals surface area (Å²) < 4.78 is 4.84. The van der Waals surface area contributed by atoms with Crippen LogP contribution in [0.2, 0.25) is 0 Å². The zero-order valence-electron chi connectivity index (χ0n) is 4.42. The Morgan fingerprint density at radius 1 is 1.38 bits per heavy atom. The highest BCUT2D eigenvalue weighted by atomic mass is 16.5. The second-order valence-corrected chi connectivity index (χ2v) is 1.60. The first-order chi connectivity index (χ1) is 3.79. The van der Waals surface area contributed by atoms with Gasteiger partial charge in [-0.05, 0) is 12.2 Å². The first-order valence-corrected chi connectivity index (χ1v) is 2.33. The van der Waals surface area contributed by atoms with Gasteiger partial charge in [0.1, 0.15) is 6.61 Å². The lowest BCUT2D eigenvalue weighted by atomic mass is 10.4. The lowest BCUT2D eigenvalue weighted by molar-refractivity contribution is 0.230. The van der Waals surface area contributed by atoms with E-state index in [0.29, 0.717) is 18.2 Å². The van der Waals surface area contributed by atoms with Crippen LogP contribution < -0.4 is 11.5 Å². The molecular weight excluding hydrogens is 104 g/mol. The Morgan fingerprint density at radius 3 is 2.50 bits per heavy atom. The third kappa shape index (κ3) is 0.932. The van der Waals surface area contributed by atoms with Crippen LogP contribution in [0, 0.1) is 0 Å². The van der Waals surface area contributed by atoms with Crippen molar-refractivity contribution in [1.82, 2.24) is 0 Å². The normalized spacial score (nSPS) is 18.5. The molecule has 1 rings (SSSR count). The van der Waals surface area contributed by atoms with E-state index >= 15 is 0 Å². The third-order valence-electron chi connectivity index (χ3n) is 0.867. The first-order valence-electron chi connectivity index (χ1n) is 2.33. The Hall–Kier alpha value is -1.12. The van der Waals surface area contributed by atoms with E-state index in [1.165, 1.54) is 0 Å². The Kier molecular flexibility index (Phi) is 1.12. The molecule has 0 atom stereocenters. The summed E-state index contributed by atoms with van der Waals surface area (Å²) in [5.74, 6) is 0.430. The summed E-state index contributed by atoms with van der Waals surface area (Å²) in [7, 11) is 0. The molecule has 4 N–H and O–H groups in total. The van der Waals surface area contributed by atoms with Crippen molar-refractivity contribution in [3.8, 4) is 0 Å². The predicted octanol–water partition coefficient (Wildman–Crippen LogP) is -0.341. The Bertz CT molecular complexity index is 131. The van der Waals surface area contributed by atoms with Crippen molar-refractivity contribution in [2.75, 3.05) is 6.61 Å². The van der Waals surface area contributed by atoms with Crippen molar-refractivity contribution in [2.24, 2.45) is 11.5 Å². The zero-order valence-corrected chi connectivity index (χ0v) is 4.42. The second-order valence-electron chi connectivity index (χ2n) is 1.60. The van der Waals surface area contributed by atoms with Gasteiger partial charge in [-0.15, -0.1) is 0 Å². The fraction of sp³-hybridized carbons (Fsp3) is 0.200. The monoisotopic (exact) mass is 112 g/mol. The highest BCUT2D eigenvalue weighted by molar-refractivity contribution is 5.15. The lowest BCUT2D eigenvalue weighted by Crippen LogP contribution is -2.13. The van der Waals surface area contributed by atoms with E-state index in [1.807, 2.05) is 0 Å². The van der Waals surface area contributed by atoms with Crippen molar-refractivity contribution in [1.29, 1.82) is 0 Å². The molecule has 0 fully saturated rings. The number of ether oxygens (including phenoxy) is 1. The molecule has 1 aliphatic rings. The highest BCUT2D eigenvalue weighted by Crippen LogP contribution is 1.99. The summed E-state index contributed by atoms with van der Waals surface area (Å²) in [6, 6.07) is 0. The van der Waals surface area contributed by atoms with Gasteiger partial charge >= 0.3 is 0 Å². The third-order valence-corrected chi connectivity index (χ3v) is 0.867. The van der Waals surface area contributed by atoms with Gasteiger partial charge in [0.05, 0.1) is 0 Å². The number of nitrogens with two attached hydrogens (primary N) is 2. The van der Waals surface area contributed by atoms with Crippen LogP contribution in [0.5, 0.6) is 0 Å². The van der Waals surface area contributed by atoms with Crippen LogP contribution in [0.4, 0.5) is 0 Å². The molecule has 3 heteroatoms. The minimum absolute atomic E-state index is 0.419. The average Bonchev–Trinajstić information content (AvgIpc) is 1.77. The van der Waals surface area contributed by atoms with Crippen molar-refractivity contribution < 1.29 is 4.74 Å². The van der Waals surface area contributed by atoms with Gasteiger partial charge in [0.25, 0.3) is 0 Å². The molecule has 0 spiro atoms. The molecule has 0 saturated carbocycles. The van der Waals surface area contributed by atoms with Crippen LogP contribution in [0.3, 0.4) is 0 Å². The van der Waals surface area contributed by atoms with Gasteiger partial charge in [-0.2, -0.15) is 0 Å². The highest BCUT2D eigenvalue weighted by Gasteiger charge is 1.96. The molecule has 0 radical (unpaired) electrons. The van der Waals surface area contributed by atoms with Crippen LogP contribution in [0.1, 0.15) is 0 Å². The smallest absolute Gasteiger partial charge is 0.184 e. The summed E-state index contributed by atoms with van der Waals surface area (Å²) in [5.41, 5.74) is 11.3. The van der Waals surface area contributed by atoms with Gasteiger partial charge in [0, 0.05) is 5.70 Å². The SMILES string of the molecule is NC1=CC=C(N)OC1. The van der Waals surface area contributed by atoms with Gasteiger partial charge < -0.3 is 16.2 Å². The molecule has 0 aromatic rings. The molecule has 0 amide bonds. The molecule has 0 aromatic carbocycles. The summed E-state index contributed by atoms with van der Waals surface area (Å²) in [6.45, 7) is 0.419. The number of hydrogen-bond acceptors (Lipinski definition) is 3. The van der Waals surface area contributed by atoms with E-state index in [0.717, 1.165) is 0 Å². The fourth-order valence-electron chi connectivity index (χ4n) is 0.452. The average molecular weight is 112 g/mol. The van der Waals surface area contributed by atoms with E-state index in [9.17, 15) is 0 Å². The molecule has 0 bridgehead atoms. The van der Waals surface area contributed by atoms with Gasteiger partial charge in [0.15, 0.2) is 5.88 Å². The largest absolute Gasteiger partial charge is 0.473 e. The van der Waals surface area contributed by atoms with Crippen LogP contribution in [-0.4, -0.2) is 6.61 Å². The minimum atomic E-state index is 0.419. The molecule has 8 heavy (non-hydrogen) atoms. The molecule has 0 aromatic heterocycles. The van der Waals surface area contributed by atoms with E-state index in [1.54, 1.807) is 12.2 Å². The van der Waals surface area contributed by atoms with Crippen LogP contribution >= 0.6 is 0 Å². The molecule has 44 valence electrons. The number of allylic oxidation sites excluding steroid dienone is 2. The van der Waals surface area contributed by atoms with Crippen molar-refractivity contribution >= 4 is 0 Å². The van der Waals surface area contributed by atoms with Gasteiger partial charge in [-0.1, -0.05) is 0 Å². The molecule has 0 unspecified atom stereocenters.